The molecule has 0 radical (unpaired) electrons. The minimum absolute atomic E-state index is 0.138. The summed E-state index contributed by atoms with van der Waals surface area (Å²) in [4.78, 5) is 70.6. The molecule has 55 heavy (non-hydrogen) atoms. The summed E-state index contributed by atoms with van der Waals surface area (Å²) in [6, 6.07) is 10.4. The Morgan fingerprint density at radius 3 is 2.11 bits per heavy atom. The predicted octanol–water partition coefficient (Wildman–Crippen LogP) is 6.62. The normalized spacial score (nSPS) is 18.1. The third-order valence-corrected chi connectivity index (χ3v) is 11.4. The van der Waals surface area contributed by atoms with Gasteiger partial charge in [-0.1, -0.05) is 56.3 Å². The number of nitrogens with zero attached hydrogens (tertiary/aromatic N) is 4. The zero-order valence-corrected chi connectivity index (χ0v) is 31.9. The first-order valence-electron chi connectivity index (χ1n) is 18.3. The molecule has 1 fully saturated rings. The molecule has 0 bridgehead atoms. The van der Waals surface area contributed by atoms with Crippen molar-refractivity contribution >= 4 is 55.5 Å². The Morgan fingerprint density at radius 2 is 1.49 bits per heavy atom. The van der Waals surface area contributed by atoms with Crippen LogP contribution in [0.1, 0.15) is 56.8 Å². The van der Waals surface area contributed by atoms with Gasteiger partial charge in [-0.25, -0.2) is 19.6 Å². The van der Waals surface area contributed by atoms with Crippen LogP contribution in [0.25, 0.3) is 42.7 Å². The molecular weight excluding hydrogens is 721 g/mol. The zero-order chi connectivity index (χ0) is 38.8. The van der Waals surface area contributed by atoms with E-state index in [4.69, 9.17) is 9.72 Å². The monoisotopic (exact) mass is 764 g/mol. The van der Waals surface area contributed by atoms with Crippen molar-refractivity contribution in [2.45, 2.75) is 57.3 Å². The molecule has 2 aliphatic rings. The van der Waals surface area contributed by atoms with Crippen molar-refractivity contribution in [3.63, 3.8) is 0 Å². The molecule has 5 aromatic rings. The van der Waals surface area contributed by atoms with Crippen LogP contribution in [-0.4, -0.2) is 93.1 Å². The molecule has 15 heteroatoms. The molecule has 4 atom stereocenters. The van der Waals surface area contributed by atoms with Gasteiger partial charge in [-0.3, -0.25) is 9.59 Å². The van der Waals surface area contributed by atoms with Gasteiger partial charge in [0.1, 0.15) is 29.8 Å². The number of benzene rings is 2. The maximum atomic E-state index is 13.7. The fourth-order valence-corrected chi connectivity index (χ4v) is 8.53. The summed E-state index contributed by atoms with van der Waals surface area (Å²) in [5, 5.41) is 7.51. The van der Waals surface area contributed by atoms with Crippen molar-refractivity contribution in [1.29, 1.82) is 0 Å². The summed E-state index contributed by atoms with van der Waals surface area (Å²) in [5.74, 6) is 0.749. The second-order valence-electron chi connectivity index (χ2n) is 14.0. The fourth-order valence-electron chi connectivity index (χ4n) is 7.35. The highest BCUT2D eigenvalue weighted by molar-refractivity contribution is 7.25. The topological polar surface area (TPSA) is 175 Å². The molecule has 2 aromatic carbocycles. The van der Waals surface area contributed by atoms with E-state index < -0.39 is 30.3 Å². The maximum absolute atomic E-state index is 13.7. The number of hydrogen-bond donors (Lipinski definition) is 4. The van der Waals surface area contributed by atoms with Crippen molar-refractivity contribution in [2.24, 2.45) is 5.92 Å². The van der Waals surface area contributed by atoms with Gasteiger partial charge in [0.05, 0.1) is 44.0 Å². The van der Waals surface area contributed by atoms with E-state index in [9.17, 15) is 19.2 Å². The number of carbonyl (C=O) groups excluding carboxylic acids is 4. The van der Waals surface area contributed by atoms with Crippen LogP contribution in [0.4, 0.5) is 9.59 Å². The Bertz CT molecular complexity index is 2290. The highest BCUT2D eigenvalue weighted by Crippen LogP contribution is 2.39. The number of nitrogens with one attached hydrogen (secondary N) is 4. The van der Waals surface area contributed by atoms with Crippen LogP contribution in [0.15, 0.2) is 73.6 Å². The number of methoxy groups -OCH3 is 2. The summed E-state index contributed by atoms with van der Waals surface area (Å²) in [6.45, 7) is 8.55. The number of aromatic nitrogens is 4. The van der Waals surface area contributed by atoms with Gasteiger partial charge >= 0.3 is 12.2 Å². The third kappa shape index (κ3) is 7.43. The van der Waals surface area contributed by atoms with E-state index in [0.29, 0.717) is 31.2 Å². The lowest BCUT2D eigenvalue weighted by Gasteiger charge is -2.35. The first kappa shape index (κ1) is 37.4. The third-order valence-electron chi connectivity index (χ3n) is 10.2. The molecule has 7 rings (SSSR count). The van der Waals surface area contributed by atoms with E-state index in [2.05, 4.69) is 73.3 Å². The number of rotatable bonds is 10. The number of ether oxygens (including phenoxy) is 2. The number of H-pyrrole nitrogens is 2. The highest BCUT2D eigenvalue weighted by atomic mass is 32.1. The number of imidazole rings is 2. The van der Waals surface area contributed by atoms with Gasteiger partial charge in [-0.05, 0) is 37.3 Å². The summed E-state index contributed by atoms with van der Waals surface area (Å²) < 4.78 is 11.7. The van der Waals surface area contributed by atoms with E-state index in [1.165, 1.54) is 20.3 Å². The smallest absolute Gasteiger partial charge is 0.407 e. The Kier molecular flexibility index (Phi) is 10.7. The molecule has 0 spiro atoms. The minimum atomic E-state index is -0.899. The maximum Gasteiger partial charge on any atom is 0.407 e. The number of carbonyl (C=O) groups is 4. The van der Waals surface area contributed by atoms with E-state index in [1.807, 2.05) is 26.0 Å². The fraction of sp³-hybridized carbons (Fsp3) is 0.350. The van der Waals surface area contributed by atoms with Crippen molar-refractivity contribution < 1.29 is 28.7 Å². The van der Waals surface area contributed by atoms with Gasteiger partial charge in [0.15, 0.2) is 0 Å². The van der Waals surface area contributed by atoms with Crippen LogP contribution in [-0.2, 0) is 19.1 Å². The summed E-state index contributed by atoms with van der Waals surface area (Å²) in [5.41, 5.74) is 3.62. The van der Waals surface area contributed by atoms with Gasteiger partial charge in [-0.2, -0.15) is 0 Å². The Hall–Kier alpha value is -5.96. The van der Waals surface area contributed by atoms with Gasteiger partial charge < -0.3 is 39.9 Å². The standard InChI is InChI=1S/C40H44N8O6S/c1-6-27(45-39(51)53-4)37(49)47-17-9-11-31(47)36-42-21-29(44-36)24-13-15-26-25-14-12-23(18-32(25)55-33(26)19-24)28-20-41-35(43-28)30-10-7-8-16-48(30)38(50)34(22(2)3)46-40(52)54-5/h6-7,10,12-15,18-22,27,30-31,34H,1,8-9,11,16-17H2,2-5H3,(H,41,43)(H,42,44)(H,45,51)(H,46,52)/t27-,30-,31-,34-/m0/s1. The number of likely N-dealkylation sites (tertiary alicyclic amines) is 1. The van der Waals surface area contributed by atoms with Crippen molar-refractivity contribution in [1.82, 2.24) is 40.4 Å². The molecule has 5 heterocycles. The number of amides is 4. The summed E-state index contributed by atoms with van der Waals surface area (Å²) in [7, 11) is 2.53. The second kappa shape index (κ2) is 15.8. The molecule has 4 N–H and O–H groups in total. The lowest BCUT2D eigenvalue weighted by molar-refractivity contribution is -0.136. The van der Waals surface area contributed by atoms with Gasteiger partial charge in [0, 0.05) is 44.4 Å². The second-order valence-corrected chi connectivity index (χ2v) is 15.1. The molecule has 286 valence electrons. The Labute approximate surface area is 322 Å². The first-order chi connectivity index (χ1) is 26.6. The lowest BCUT2D eigenvalue weighted by Crippen LogP contribution is -2.52. The molecule has 0 aliphatic carbocycles. The summed E-state index contributed by atoms with van der Waals surface area (Å²) >= 11 is 1.70. The largest absolute Gasteiger partial charge is 0.453 e. The van der Waals surface area contributed by atoms with E-state index in [1.54, 1.807) is 33.5 Å². The van der Waals surface area contributed by atoms with Gasteiger partial charge in [-0.15, -0.1) is 17.9 Å². The lowest BCUT2D eigenvalue weighted by atomic mass is 10.00. The van der Waals surface area contributed by atoms with Gasteiger partial charge in [0.2, 0.25) is 11.8 Å². The summed E-state index contributed by atoms with van der Waals surface area (Å²) in [6.07, 6.45) is 9.95. The molecule has 0 saturated carbocycles. The predicted molar refractivity (Wildman–Crippen MR) is 210 cm³/mol. The van der Waals surface area contributed by atoms with Crippen LogP contribution >= 0.6 is 11.3 Å². The average molecular weight is 765 g/mol. The highest BCUT2D eigenvalue weighted by Gasteiger charge is 2.36. The van der Waals surface area contributed by atoms with Crippen molar-refractivity contribution in [3.8, 4) is 22.5 Å². The number of hydrogen-bond acceptors (Lipinski definition) is 9. The van der Waals surface area contributed by atoms with Crippen molar-refractivity contribution in [2.75, 3.05) is 27.3 Å². The number of alkyl carbamates (subject to hydrolysis) is 2. The van der Waals surface area contributed by atoms with Crippen LogP contribution in [0.3, 0.4) is 0 Å². The molecule has 3 aromatic heterocycles. The molecule has 4 amide bonds. The number of thiophene rings is 1. The Morgan fingerprint density at radius 1 is 0.873 bits per heavy atom. The SMILES string of the molecule is C=C[C@H](NC(=O)OC)C(=O)N1CCC[C@H]1c1ncc(-c2ccc3c(c2)sc2cc(-c4cnc([C@@H]5C=CCCN5C(=O)[C@@H](NC(=O)OC)C(C)C)[nH]4)ccc23)[nH]1. The van der Waals surface area contributed by atoms with E-state index in [0.717, 1.165) is 55.5 Å². The van der Waals surface area contributed by atoms with Crippen molar-refractivity contribution in [3.05, 3.63) is 85.2 Å². The molecular formula is C40H44N8O6S. The molecule has 1 saturated heterocycles. The molecule has 14 nitrogen and oxygen atoms in total. The van der Waals surface area contributed by atoms with Crippen LogP contribution in [0, 0.1) is 5.92 Å². The first-order valence-corrected chi connectivity index (χ1v) is 19.1. The van der Waals surface area contributed by atoms with Gasteiger partial charge in [0.25, 0.3) is 0 Å². The van der Waals surface area contributed by atoms with E-state index >= 15 is 0 Å². The number of aromatic amines is 2. The number of fused-ring (bicyclic) bond motifs is 3. The average Bonchev–Trinajstić information content (AvgIpc) is 4.03. The minimum Gasteiger partial charge on any atom is -0.453 e. The Balaban J connectivity index is 1.10. The molecule has 2 aliphatic heterocycles. The van der Waals surface area contributed by atoms with Crippen LogP contribution in [0.2, 0.25) is 0 Å². The molecule has 0 unspecified atom stereocenters. The zero-order valence-electron chi connectivity index (χ0n) is 31.1. The van der Waals surface area contributed by atoms with Crippen LogP contribution in [0.5, 0.6) is 0 Å². The van der Waals surface area contributed by atoms with E-state index in [-0.39, 0.29) is 23.8 Å². The van der Waals surface area contributed by atoms with Crippen LogP contribution < -0.4 is 10.6 Å². The quantitative estimate of drug-likeness (QED) is 0.115.